The molecule has 0 aliphatic heterocycles. The highest BCUT2D eigenvalue weighted by molar-refractivity contribution is 5.92. The Morgan fingerprint density at radius 1 is 1.67 bits per heavy atom. The minimum absolute atomic E-state index is 0.179. The number of pyridine rings is 1. The summed E-state index contributed by atoms with van der Waals surface area (Å²) in [6, 6.07) is 3.11. The number of rotatable bonds is 5. The lowest BCUT2D eigenvalue weighted by Gasteiger charge is -2.06. The summed E-state index contributed by atoms with van der Waals surface area (Å²) in [7, 11) is 0. The van der Waals surface area contributed by atoms with Gasteiger partial charge in [0.05, 0.1) is 0 Å². The van der Waals surface area contributed by atoms with Crippen LogP contribution < -0.4 is 5.32 Å². The van der Waals surface area contributed by atoms with Crippen LogP contribution in [0.2, 0.25) is 0 Å². The van der Waals surface area contributed by atoms with E-state index >= 15 is 0 Å². The summed E-state index contributed by atoms with van der Waals surface area (Å²) in [4.78, 5) is 14.8. The number of unbranched alkanes of at least 4 members (excludes halogenated alkanes) is 1. The first-order valence-electron chi connectivity index (χ1n) is 4.61. The van der Waals surface area contributed by atoms with E-state index in [1.807, 2.05) is 0 Å². The first-order chi connectivity index (χ1) is 7.25. The van der Waals surface area contributed by atoms with Gasteiger partial charge in [-0.3, -0.25) is 0 Å². The molecule has 15 heavy (non-hydrogen) atoms. The summed E-state index contributed by atoms with van der Waals surface area (Å²) in [6.07, 6.45) is 8.12. The second kappa shape index (κ2) is 5.66. The van der Waals surface area contributed by atoms with Gasteiger partial charge in [-0.1, -0.05) is 0 Å². The van der Waals surface area contributed by atoms with Gasteiger partial charge in [-0.15, -0.1) is 12.3 Å². The quantitative estimate of drug-likeness (QED) is 0.565. The molecule has 1 aromatic rings. The molecule has 0 amide bonds. The van der Waals surface area contributed by atoms with Gasteiger partial charge >= 0.3 is 5.97 Å². The average molecular weight is 204 g/mol. The van der Waals surface area contributed by atoms with Crippen molar-refractivity contribution in [2.24, 2.45) is 0 Å². The summed E-state index contributed by atoms with van der Waals surface area (Å²) < 4.78 is 0. The topological polar surface area (TPSA) is 62.2 Å². The fourth-order valence-electron chi connectivity index (χ4n) is 1.12. The fourth-order valence-corrected chi connectivity index (χ4v) is 1.12. The zero-order valence-corrected chi connectivity index (χ0v) is 8.23. The molecule has 4 heteroatoms. The standard InChI is InChI=1S/C11H12N2O2/c1-2-3-4-7-12-10-9(11(14)15)6-5-8-13-10/h1,5-6,8H,3-4,7H2,(H,12,13)(H,14,15). The Morgan fingerprint density at radius 3 is 3.13 bits per heavy atom. The minimum Gasteiger partial charge on any atom is -0.478 e. The fraction of sp³-hybridized carbons (Fsp3) is 0.273. The van der Waals surface area contributed by atoms with Gasteiger partial charge in [0.1, 0.15) is 11.4 Å². The Kier molecular flexibility index (Phi) is 4.17. The van der Waals surface area contributed by atoms with Crippen LogP contribution in [-0.2, 0) is 0 Å². The van der Waals surface area contributed by atoms with Crippen LogP contribution in [-0.4, -0.2) is 22.6 Å². The summed E-state index contributed by atoms with van der Waals surface area (Å²) in [5.41, 5.74) is 0.179. The number of carboxylic acid groups (broad SMARTS) is 1. The zero-order chi connectivity index (χ0) is 11.1. The first-order valence-corrected chi connectivity index (χ1v) is 4.61. The lowest BCUT2D eigenvalue weighted by Crippen LogP contribution is -2.09. The molecule has 0 fully saturated rings. The van der Waals surface area contributed by atoms with Crippen molar-refractivity contribution in [3.05, 3.63) is 23.9 Å². The predicted molar refractivity (Wildman–Crippen MR) is 57.8 cm³/mol. The van der Waals surface area contributed by atoms with Gasteiger partial charge < -0.3 is 10.4 Å². The third-order valence-corrected chi connectivity index (χ3v) is 1.83. The maximum atomic E-state index is 10.8. The molecule has 4 nitrogen and oxygen atoms in total. The number of nitrogens with one attached hydrogen (secondary N) is 1. The summed E-state index contributed by atoms with van der Waals surface area (Å²) in [5.74, 6) is 1.92. The van der Waals surface area contributed by atoms with Gasteiger partial charge in [0.15, 0.2) is 0 Å². The first kappa shape index (κ1) is 11.1. The maximum Gasteiger partial charge on any atom is 0.339 e. The highest BCUT2D eigenvalue weighted by Crippen LogP contribution is 2.10. The Balaban J connectivity index is 2.60. The van der Waals surface area contributed by atoms with E-state index in [-0.39, 0.29) is 5.56 Å². The van der Waals surface area contributed by atoms with Crippen molar-refractivity contribution in [1.82, 2.24) is 4.98 Å². The van der Waals surface area contributed by atoms with E-state index in [0.717, 1.165) is 6.42 Å². The third kappa shape index (κ3) is 3.31. The van der Waals surface area contributed by atoms with Gasteiger partial charge in [0, 0.05) is 19.2 Å². The molecule has 1 rings (SSSR count). The van der Waals surface area contributed by atoms with Crippen LogP contribution in [0, 0.1) is 12.3 Å². The Hall–Kier alpha value is -2.02. The number of aromatic nitrogens is 1. The number of carbonyl (C=O) groups is 1. The SMILES string of the molecule is C#CCCCNc1ncccc1C(=O)O. The van der Waals surface area contributed by atoms with Gasteiger partial charge in [-0.25, -0.2) is 9.78 Å². The molecule has 0 spiro atoms. The van der Waals surface area contributed by atoms with Crippen LogP contribution >= 0.6 is 0 Å². The molecule has 0 unspecified atom stereocenters. The van der Waals surface area contributed by atoms with Crippen LogP contribution in [0.25, 0.3) is 0 Å². The van der Waals surface area contributed by atoms with Crippen molar-refractivity contribution in [3.8, 4) is 12.3 Å². The molecule has 0 aliphatic rings. The van der Waals surface area contributed by atoms with Gasteiger partial charge in [-0.2, -0.15) is 0 Å². The molecular formula is C11H12N2O2. The number of carboxylic acids is 1. The Bertz CT molecular complexity index is 382. The monoisotopic (exact) mass is 204 g/mol. The summed E-state index contributed by atoms with van der Waals surface area (Å²) in [5, 5.41) is 11.8. The number of anilines is 1. The van der Waals surface area contributed by atoms with Crippen LogP contribution in [0.4, 0.5) is 5.82 Å². The molecular weight excluding hydrogens is 192 g/mol. The molecule has 1 aromatic heterocycles. The van der Waals surface area contributed by atoms with Crippen LogP contribution in [0.5, 0.6) is 0 Å². The Morgan fingerprint density at radius 2 is 2.47 bits per heavy atom. The molecule has 2 N–H and O–H groups in total. The van der Waals surface area contributed by atoms with E-state index < -0.39 is 5.97 Å². The van der Waals surface area contributed by atoms with Crippen LogP contribution in [0.3, 0.4) is 0 Å². The van der Waals surface area contributed by atoms with E-state index in [1.54, 1.807) is 12.3 Å². The summed E-state index contributed by atoms with van der Waals surface area (Å²) >= 11 is 0. The van der Waals surface area contributed by atoms with Crippen molar-refractivity contribution < 1.29 is 9.90 Å². The molecule has 0 saturated carbocycles. The molecule has 1 heterocycles. The number of nitrogens with zero attached hydrogens (tertiary/aromatic N) is 1. The zero-order valence-electron chi connectivity index (χ0n) is 8.23. The number of hydrogen-bond acceptors (Lipinski definition) is 3. The molecule has 0 saturated heterocycles. The van der Waals surface area contributed by atoms with Crippen LogP contribution in [0.15, 0.2) is 18.3 Å². The third-order valence-electron chi connectivity index (χ3n) is 1.83. The summed E-state index contributed by atoms with van der Waals surface area (Å²) in [6.45, 7) is 0.626. The second-order valence-corrected chi connectivity index (χ2v) is 2.94. The van der Waals surface area contributed by atoms with E-state index in [0.29, 0.717) is 18.8 Å². The van der Waals surface area contributed by atoms with E-state index in [2.05, 4.69) is 16.2 Å². The normalized spacial score (nSPS) is 9.27. The minimum atomic E-state index is -0.984. The smallest absolute Gasteiger partial charge is 0.339 e. The van der Waals surface area contributed by atoms with E-state index in [1.165, 1.54) is 6.07 Å². The van der Waals surface area contributed by atoms with Crippen molar-refractivity contribution in [2.45, 2.75) is 12.8 Å². The Labute approximate surface area is 88.3 Å². The molecule has 0 radical (unpaired) electrons. The lowest BCUT2D eigenvalue weighted by molar-refractivity contribution is 0.0697. The largest absolute Gasteiger partial charge is 0.478 e. The highest BCUT2D eigenvalue weighted by Gasteiger charge is 2.08. The van der Waals surface area contributed by atoms with Crippen molar-refractivity contribution >= 4 is 11.8 Å². The molecule has 0 atom stereocenters. The second-order valence-electron chi connectivity index (χ2n) is 2.94. The number of terminal acetylenes is 1. The van der Waals surface area contributed by atoms with Gasteiger partial charge in [-0.05, 0) is 18.6 Å². The number of hydrogen-bond donors (Lipinski definition) is 2. The van der Waals surface area contributed by atoms with Gasteiger partial charge in [0.25, 0.3) is 0 Å². The van der Waals surface area contributed by atoms with Crippen molar-refractivity contribution in [1.29, 1.82) is 0 Å². The van der Waals surface area contributed by atoms with E-state index in [4.69, 9.17) is 11.5 Å². The lowest BCUT2D eigenvalue weighted by atomic mass is 10.2. The molecule has 0 bridgehead atoms. The van der Waals surface area contributed by atoms with Gasteiger partial charge in [0.2, 0.25) is 0 Å². The number of aromatic carboxylic acids is 1. The van der Waals surface area contributed by atoms with Crippen molar-refractivity contribution in [2.75, 3.05) is 11.9 Å². The molecule has 78 valence electrons. The molecule has 0 aromatic carbocycles. The van der Waals surface area contributed by atoms with Crippen molar-refractivity contribution in [3.63, 3.8) is 0 Å². The average Bonchev–Trinajstić information content (AvgIpc) is 2.25. The predicted octanol–water partition coefficient (Wildman–Crippen LogP) is 1.61. The van der Waals surface area contributed by atoms with E-state index in [9.17, 15) is 4.79 Å². The highest BCUT2D eigenvalue weighted by atomic mass is 16.4. The maximum absolute atomic E-state index is 10.8. The molecule has 0 aliphatic carbocycles. The van der Waals surface area contributed by atoms with Crippen LogP contribution in [0.1, 0.15) is 23.2 Å².